The maximum absolute atomic E-state index is 12.2. The van der Waals surface area contributed by atoms with Crippen LogP contribution in [0.25, 0.3) is 0 Å². The molecule has 92 valence electrons. The van der Waals surface area contributed by atoms with E-state index in [0.717, 1.165) is 15.6 Å². The first-order valence-electron chi connectivity index (χ1n) is 5.57. The third kappa shape index (κ3) is 2.76. The number of pyridine rings is 1. The van der Waals surface area contributed by atoms with Crippen LogP contribution in [-0.4, -0.2) is 10.9 Å². The summed E-state index contributed by atoms with van der Waals surface area (Å²) < 4.78 is 0.767. The quantitative estimate of drug-likeness (QED) is 0.919. The van der Waals surface area contributed by atoms with Crippen molar-refractivity contribution in [1.29, 1.82) is 0 Å². The van der Waals surface area contributed by atoms with Crippen molar-refractivity contribution >= 4 is 27.7 Å². The second-order valence-corrected chi connectivity index (χ2v) is 4.96. The van der Waals surface area contributed by atoms with Gasteiger partial charge in [-0.05, 0) is 53.5 Å². The minimum absolute atomic E-state index is 0.143. The number of amides is 1. The average molecular weight is 305 g/mol. The van der Waals surface area contributed by atoms with Crippen LogP contribution >= 0.6 is 15.9 Å². The molecule has 0 bridgehead atoms. The van der Waals surface area contributed by atoms with Crippen molar-refractivity contribution in [3.8, 4) is 0 Å². The van der Waals surface area contributed by atoms with Crippen molar-refractivity contribution in [2.75, 3.05) is 5.32 Å². The van der Waals surface area contributed by atoms with Crippen LogP contribution < -0.4 is 5.32 Å². The Morgan fingerprint density at radius 2 is 2.06 bits per heavy atom. The number of aryl methyl sites for hydroxylation is 2. The molecule has 3 nitrogen and oxygen atoms in total. The Morgan fingerprint density at radius 1 is 1.28 bits per heavy atom. The Morgan fingerprint density at radius 3 is 2.78 bits per heavy atom. The number of nitrogens with one attached hydrogen (secondary N) is 1. The zero-order valence-electron chi connectivity index (χ0n) is 10.2. The number of anilines is 1. The van der Waals surface area contributed by atoms with Gasteiger partial charge in [0, 0.05) is 11.8 Å². The van der Waals surface area contributed by atoms with Crippen molar-refractivity contribution in [2.45, 2.75) is 13.8 Å². The van der Waals surface area contributed by atoms with Gasteiger partial charge >= 0.3 is 0 Å². The molecule has 1 aromatic carbocycles. The SMILES string of the molecule is Cc1ccc(C)c(C(=O)Nc2ncccc2Br)c1. The lowest BCUT2D eigenvalue weighted by Crippen LogP contribution is -2.14. The maximum atomic E-state index is 12.2. The summed E-state index contributed by atoms with van der Waals surface area (Å²) in [5.41, 5.74) is 2.68. The predicted octanol–water partition coefficient (Wildman–Crippen LogP) is 3.71. The number of benzene rings is 1. The van der Waals surface area contributed by atoms with Crippen molar-refractivity contribution in [2.24, 2.45) is 0 Å². The van der Waals surface area contributed by atoms with Crippen LogP contribution in [0.15, 0.2) is 41.0 Å². The number of carbonyl (C=O) groups is 1. The molecule has 0 spiro atoms. The molecule has 2 rings (SSSR count). The Hall–Kier alpha value is -1.68. The van der Waals surface area contributed by atoms with Crippen LogP contribution in [0.2, 0.25) is 0 Å². The van der Waals surface area contributed by atoms with Gasteiger partial charge in [-0.25, -0.2) is 4.98 Å². The molecule has 0 saturated carbocycles. The highest BCUT2D eigenvalue weighted by atomic mass is 79.9. The largest absolute Gasteiger partial charge is 0.306 e. The Kier molecular flexibility index (Phi) is 3.77. The van der Waals surface area contributed by atoms with E-state index in [0.29, 0.717) is 11.4 Å². The normalized spacial score (nSPS) is 10.2. The smallest absolute Gasteiger partial charge is 0.257 e. The van der Waals surface area contributed by atoms with E-state index >= 15 is 0 Å². The number of rotatable bonds is 2. The zero-order valence-corrected chi connectivity index (χ0v) is 11.8. The fourth-order valence-electron chi connectivity index (χ4n) is 1.63. The lowest BCUT2D eigenvalue weighted by atomic mass is 10.1. The van der Waals surface area contributed by atoms with Gasteiger partial charge in [-0.1, -0.05) is 17.7 Å². The molecule has 0 aliphatic heterocycles. The van der Waals surface area contributed by atoms with E-state index in [1.165, 1.54) is 0 Å². The van der Waals surface area contributed by atoms with Crippen molar-refractivity contribution < 1.29 is 4.79 Å². The topological polar surface area (TPSA) is 42.0 Å². The molecular formula is C14H13BrN2O. The number of hydrogen-bond donors (Lipinski definition) is 1. The average Bonchev–Trinajstić information content (AvgIpc) is 2.35. The van der Waals surface area contributed by atoms with E-state index in [1.807, 2.05) is 38.1 Å². The molecule has 18 heavy (non-hydrogen) atoms. The molecule has 4 heteroatoms. The van der Waals surface area contributed by atoms with Crippen molar-refractivity contribution in [3.05, 3.63) is 57.7 Å². The summed E-state index contributed by atoms with van der Waals surface area (Å²) in [5, 5.41) is 2.80. The highest BCUT2D eigenvalue weighted by molar-refractivity contribution is 9.10. The van der Waals surface area contributed by atoms with Gasteiger partial charge in [0.25, 0.3) is 5.91 Å². The Balaban J connectivity index is 2.28. The van der Waals surface area contributed by atoms with Gasteiger partial charge in [-0.3, -0.25) is 4.79 Å². The molecule has 1 amide bonds. The van der Waals surface area contributed by atoms with E-state index in [2.05, 4.69) is 26.2 Å². The standard InChI is InChI=1S/C14H13BrN2O/c1-9-5-6-10(2)11(8-9)14(18)17-13-12(15)4-3-7-16-13/h3-8H,1-2H3,(H,16,17,18). The molecule has 0 saturated heterocycles. The summed E-state index contributed by atoms with van der Waals surface area (Å²) in [6.45, 7) is 3.88. The molecule has 0 aliphatic rings. The molecule has 0 atom stereocenters. The van der Waals surface area contributed by atoms with E-state index in [-0.39, 0.29) is 5.91 Å². The molecular weight excluding hydrogens is 292 g/mol. The van der Waals surface area contributed by atoms with Gasteiger partial charge in [0.2, 0.25) is 0 Å². The molecule has 0 fully saturated rings. The second-order valence-electron chi connectivity index (χ2n) is 4.11. The van der Waals surface area contributed by atoms with E-state index in [1.54, 1.807) is 12.3 Å². The van der Waals surface area contributed by atoms with Gasteiger partial charge in [0.15, 0.2) is 0 Å². The molecule has 1 N–H and O–H groups in total. The molecule has 0 aliphatic carbocycles. The van der Waals surface area contributed by atoms with Crippen LogP contribution in [0.1, 0.15) is 21.5 Å². The first-order valence-corrected chi connectivity index (χ1v) is 6.36. The summed E-state index contributed by atoms with van der Waals surface area (Å²) in [7, 11) is 0. The minimum atomic E-state index is -0.143. The highest BCUT2D eigenvalue weighted by Gasteiger charge is 2.11. The van der Waals surface area contributed by atoms with E-state index in [9.17, 15) is 4.79 Å². The monoisotopic (exact) mass is 304 g/mol. The lowest BCUT2D eigenvalue weighted by molar-refractivity contribution is 0.102. The van der Waals surface area contributed by atoms with Crippen LogP contribution in [-0.2, 0) is 0 Å². The van der Waals surface area contributed by atoms with Gasteiger partial charge in [0.1, 0.15) is 5.82 Å². The summed E-state index contributed by atoms with van der Waals surface area (Å²) in [6, 6.07) is 9.45. The fourth-order valence-corrected chi connectivity index (χ4v) is 1.99. The molecule has 1 aromatic heterocycles. The van der Waals surface area contributed by atoms with Gasteiger partial charge in [-0.15, -0.1) is 0 Å². The predicted molar refractivity (Wildman–Crippen MR) is 75.8 cm³/mol. The van der Waals surface area contributed by atoms with E-state index < -0.39 is 0 Å². The first-order chi connectivity index (χ1) is 8.58. The maximum Gasteiger partial charge on any atom is 0.257 e. The number of carbonyl (C=O) groups excluding carboxylic acids is 1. The van der Waals surface area contributed by atoms with Crippen LogP contribution in [0.4, 0.5) is 5.82 Å². The number of halogens is 1. The molecule has 0 unspecified atom stereocenters. The van der Waals surface area contributed by atoms with E-state index in [4.69, 9.17) is 0 Å². The molecule has 1 heterocycles. The summed E-state index contributed by atoms with van der Waals surface area (Å²) >= 11 is 3.35. The lowest BCUT2D eigenvalue weighted by Gasteiger charge is -2.09. The van der Waals surface area contributed by atoms with Crippen LogP contribution in [0.5, 0.6) is 0 Å². The number of hydrogen-bond acceptors (Lipinski definition) is 2. The first kappa shape index (κ1) is 12.8. The van der Waals surface area contributed by atoms with Gasteiger partial charge < -0.3 is 5.32 Å². The fraction of sp³-hybridized carbons (Fsp3) is 0.143. The zero-order chi connectivity index (χ0) is 13.1. The summed E-state index contributed by atoms with van der Waals surface area (Å²) in [6.07, 6.45) is 1.64. The van der Waals surface area contributed by atoms with Crippen molar-refractivity contribution in [3.63, 3.8) is 0 Å². The Bertz CT molecular complexity index is 596. The summed E-state index contributed by atoms with van der Waals surface area (Å²) in [4.78, 5) is 16.3. The van der Waals surface area contributed by atoms with Crippen LogP contribution in [0, 0.1) is 13.8 Å². The molecule has 2 aromatic rings. The van der Waals surface area contributed by atoms with Gasteiger partial charge in [-0.2, -0.15) is 0 Å². The Labute approximate surface area is 114 Å². The minimum Gasteiger partial charge on any atom is -0.306 e. The molecule has 0 radical (unpaired) electrons. The number of nitrogens with zero attached hydrogens (tertiary/aromatic N) is 1. The summed E-state index contributed by atoms with van der Waals surface area (Å²) in [5.74, 6) is 0.388. The van der Waals surface area contributed by atoms with Crippen molar-refractivity contribution in [1.82, 2.24) is 4.98 Å². The highest BCUT2D eigenvalue weighted by Crippen LogP contribution is 2.20. The third-order valence-corrected chi connectivity index (χ3v) is 3.27. The second kappa shape index (κ2) is 5.31. The van der Waals surface area contributed by atoms with Crippen LogP contribution in [0.3, 0.4) is 0 Å². The van der Waals surface area contributed by atoms with Gasteiger partial charge in [0.05, 0.1) is 4.47 Å². The third-order valence-electron chi connectivity index (χ3n) is 2.63. The number of aromatic nitrogens is 1.